The van der Waals surface area contributed by atoms with Crippen molar-refractivity contribution in [1.82, 2.24) is 10.2 Å². The summed E-state index contributed by atoms with van der Waals surface area (Å²) in [6.07, 6.45) is 1.53. The first-order valence-electron chi connectivity index (χ1n) is 11.6. The molecule has 1 heterocycles. The fourth-order valence-corrected chi connectivity index (χ4v) is 3.50. The summed E-state index contributed by atoms with van der Waals surface area (Å²) in [5, 5.41) is 5.23. The number of nitrogens with one attached hydrogen (secondary N) is 2. The molecule has 0 saturated heterocycles. The van der Waals surface area contributed by atoms with Gasteiger partial charge in [-0.25, -0.2) is 4.79 Å². The zero-order valence-electron chi connectivity index (χ0n) is 20.2. The Labute approximate surface area is 209 Å². The van der Waals surface area contributed by atoms with Crippen LogP contribution in [0.15, 0.2) is 77.4 Å². The molecule has 3 aromatic rings. The molecule has 9 nitrogen and oxygen atoms in total. The van der Waals surface area contributed by atoms with Gasteiger partial charge in [-0.15, -0.1) is 0 Å². The smallest absolute Gasteiger partial charge is 0.329 e. The van der Waals surface area contributed by atoms with E-state index in [1.54, 1.807) is 35.2 Å². The lowest BCUT2D eigenvalue weighted by atomic mass is 10.1. The Kier molecular flexibility index (Phi) is 9.39. The van der Waals surface area contributed by atoms with Crippen LogP contribution in [-0.4, -0.2) is 54.3 Å². The Morgan fingerprint density at radius 1 is 0.917 bits per heavy atom. The summed E-state index contributed by atoms with van der Waals surface area (Å²) >= 11 is 0. The third-order valence-corrected chi connectivity index (χ3v) is 5.43. The van der Waals surface area contributed by atoms with Crippen molar-refractivity contribution in [2.24, 2.45) is 0 Å². The van der Waals surface area contributed by atoms with Gasteiger partial charge in [0, 0.05) is 30.8 Å². The van der Waals surface area contributed by atoms with E-state index in [0.29, 0.717) is 24.3 Å². The summed E-state index contributed by atoms with van der Waals surface area (Å²) < 4.78 is 10.3. The van der Waals surface area contributed by atoms with Gasteiger partial charge in [-0.3, -0.25) is 14.4 Å². The van der Waals surface area contributed by atoms with E-state index in [4.69, 9.17) is 9.15 Å². The van der Waals surface area contributed by atoms with Crippen molar-refractivity contribution in [2.45, 2.75) is 26.3 Å². The molecule has 36 heavy (non-hydrogen) atoms. The normalized spacial score (nSPS) is 11.3. The van der Waals surface area contributed by atoms with Gasteiger partial charge < -0.3 is 24.7 Å². The Bertz CT molecular complexity index is 1160. The Balaban J connectivity index is 1.57. The van der Waals surface area contributed by atoms with Crippen molar-refractivity contribution >= 4 is 29.4 Å². The third kappa shape index (κ3) is 7.30. The molecule has 0 radical (unpaired) electrons. The molecule has 2 aromatic carbocycles. The highest BCUT2D eigenvalue weighted by atomic mass is 16.5. The molecule has 9 heteroatoms. The molecule has 1 unspecified atom stereocenters. The lowest BCUT2D eigenvalue weighted by Crippen LogP contribution is -2.44. The molecular formula is C27H29N3O6. The maximum atomic E-state index is 12.8. The van der Waals surface area contributed by atoms with E-state index in [2.05, 4.69) is 10.6 Å². The SMILES string of the molecule is CCN(CC)C(=O)c1ccc(NC(=O)COC(=O)C(Cc2ccccc2)NC(=O)c2ccco2)cc1. The van der Waals surface area contributed by atoms with Gasteiger partial charge in [0.2, 0.25) is 0 Å². The second-order valence-electron chi connectivity index (χ2n) is 7.90. The molecule has 0 aliphatic heterocycles. The molecule has 0 saturated carbocycles. The number of nitrogens with zero attached hydrogens (tertiary/aromatic N) is 1. The minimum Gasteiger partial charge on any atom is -0.459 e. The largest absolute Gasteiger partial charge is 0.459 e. The monoisotopic (exact) mass is 491 g/mol. The number of furan rings is 1. The van der Waals surface area contributed by atoms with Crippen LogP contribution in [0.25, 0.3) is 0 Å². The van der Waals surface area contributed by atoms with Crippen molar-refractivity contribution in [3.63, 3.8) is 0 Å². The summed E-state index contributed by atoms with van der Waals surface area (Å²) in [7, 11) is 0. The maximum absolute atomic E-state index is 12.8. The first-order chi connectivity index (χ1) is 17.4. The van der Waals surface area contributed by atoms with Crippen LogP contribution in [0, 0.1) is 0 Å². The molecule has 0 aliphatic carbocycles. The van der Waals surface area contributed by atoms with Gasteiger partial charge in [0.25, 0.3) is 17.7 Å². The van der Waals surface area contributed by atoms with Crippen molar-refractivity contribution in [3.8, 4) is 0 Å². The van der Waals surface area contributed by atoms with Crippen molar-refractivity contribution < 1.29 is 28.3 Å². The predicted octanol–water partition coefficient (Wildman–Crippen LogP) is 3.28. The average Bonchev–Trinajstić information content (AvgIpc) is 3.44. The van der Waals surface area contributed by atoms with Crippen molar-refractivity contribution in [1.29, 1.82) is 0 Å². The molecule has 2 N–H and O–H groups in total. The Morgan fingerprint density at radius 3 is 2.22 bits per heavy atom. The van der Waals surface area contributed by atoms with Crippen LogP contribution in [-0.2, 0) is 20.7 Å². The summed E-state index contributed by atoms with van der Waals surface area (Å²) in [5.41, 5.74) is 1.78. The van der Waals surface area contributed by atoms with E-state index in [1.807, 2.05) is 44.2 Å². The highest BCUT2D eigenvalue weighted by Gasteiger charge is 2.25. The standard InChI is InChI=1S/C27H29N3O6/c1-3-30(4-2)26(33)20-12-14-21(15-13-20)28-24(31)18-36-27(34)22(17-19-9-6-5-7-10-19)29-25(32)23-11-8-16-35-23/h5-16,22H,3-4,17-18H2,1-2H3,(H,28,31)(H,29,32). The van der Waals surface area contributed by atoms with Crippen LogP contribution >= 0.6 is 0 Å². The van der Waals surface area contributed by atoms with Gasteiger partial charge in [0.1, 0.15) is 6.04 Å². The van der Waals surface area contributed by atoms with Crippen LogP contribution in [0.3, 0.4) is 0 Å². The number of esters is 1. The maximum Gasteiger partial charge on any atom is 0.329 e. The molecule has 0 fully saturated rings. The molecule has 188 valence electrons. The molecule has 3 amide bonds. The molecule has 0 aliphatic rings. The van der Waals surface area contributed by atoms with Gasteiger partial charge >= 0.3 is 5.97 Å². The zero-order chi connectivity index (χ0) is 25.9. The highest BCUT2D eigenvalue weighted by Crippen LogP contribution is 2.12. The minimum atomic E-state index is -1.02. The van der Waals surface area contributed by atoms with Crippen molar-refractivity contribution in [3.05, 3.63) is 89.9 Å². The second kappa shape index (κ2) is 12.9. The number of carbonyl (C=O) groups excluding carboxylic acids is 4. The number of ether oxygens (including phenoxy) is 1. The van der Waals surface area contributed by atoms with E-state index in [9.17, 15) is 19.2 Å². The van der Waals surface area contributed by atoms with Crippen LogP contribution < -0.4 is 10.6 Å². The van der Waals surface area contributed by atoms with Gasteiger partial charge in [-0.05, 0) is 55.8 Å². The number of hydrogen-bond acceptors (Lipinski definition) is 6. The van der Waals surface area contributed by atoms with Gasteiger partial charge in [0.15, 0.2) is 12.4 Å². The number of benzene rings is 2. The van der Waals surface area contributed by atoms with E-state index in [0.717, 1.165) is 5.56 Å². The molecule has 0 bridgehead atoms. The van der Waals surface area contributed by atoms with Gasteiger partial charge in [-0.2, -0.15) is 0 Å². The fraction of sp³-hybridized carbons (Fsp3) is 0.259. The Hall–Kier alpha value is -4.40. The Morgan fingerprint density at radius 2 is 1.61 bits per heavy atom. The minimum absolute atomic E-state index is 0.0570. The van der Waals surface area contributed by atoms with E-state index in [-0.39, 0.29) is 18.1 Å². The molecule has 1 atom stereocenters. The van der Waals surface area contributed by atoms with E-state index >= 15 is 0 Å². The van der Waals surface area contributed by atoms with E-state index < -0.39 is 30.4 Å². The zero-order valence-corrected chi connectivity index (χ0v) is 20.2. The lowest BCUT2D eigenvalue weighted by Gasteiger charge is -2.18. The number of amides is 3. The fourth-order valence-electron chi connectivity index (χ4n) is 3.50. The summed E-state index contributed by atoms with van der Waals surface area (Å²) in [4.78, 5) is 51.7. The number of carbonyl (C=O) groups is 4. The van der Waals surface area contributed by atoms with Gasteiger partial charge in [-0.1, -0.05) is 30.3 Å². The molecular weight excluding hydrogens is 462 g/mol. The number of rotatable bonds is 11. The number of hydrogen-bond donors (Lipinski definition) is 2. The molecule has 1 aromatic heterocycles. The molecule has 3 rings (SSSR count). The first kappa shape index (κ1) is 26.2. The second-order valence-corrected chi connectivity index (χ2v) is 7.90. The third-order valence-electron chi connectivity index (χ3n) is 5.43. The highest BCUT2D eigenvalue weighted by molar-refractivity contribution is 5.97. The van der Waals surface area contributed by atoms with Crippen LogP contribution in [0.5, 0.6) is 0 Å². The first-order valence-corrected chi connectivity index (χ1v) is 11.6. The van der Waals surface area contributed by atoms with Gasteiger partial charge in [0.05, 0.1) is 6.26 Å². The average molecular weight is 492 g/mol. The number of anilines is 1. The van der Waals surface area contributed by atoms with E-state index in [1.165, 1.54) is 12.3 Å². The van der Waals surface area contributed by atoms with Crippen LogP contribution in [0.2, 0.25) is 0 Å². The quantitative estimate of drug-likeness (QED) is 0.398. The van der Waals surface area contributed by atoms with Crippen LogP contribution in [0.1, 0.15) is 40.3 Å². The summed E-state index contributed by atoms with van der Waals surface area (Å²) in [5.74, 6) is -1.91. The summed E-state index contributed by atoms with van der Waals surface area (Å²) in [6.45, 7) is 4.48. The molecule has 0 spiro atoms. The van der Waals surface area contributed by atoms with Crippen molar-refractivity contribution in [2.75, 3.05) is 25.0 Å². The topological polar surface area (TPSA) is 118 Å². The van der Waals surface area contributed by atoms with Crippen LogP contribution in [0.4, 0.5) is 5.69 Å². The lowest BCUT2D eigenvalue weighted by molar-refractivity contribution is -0.149. The summed E-state index contributed by atoms with van der Waals surface area (Å²) in [6, 6.07) is 17.6. The predicted molar refractivity (Wildman–Crippen MR) is 133 cm³/mol.